The van der Waals surface area contributed by atoms with Crippen LogP contribution in [0.1, 0.15) is 26.7 Å². The first-order valence-electron chi connectivity index (χ1n) is 6.02. The van der Waals surface area contributed by atoms with Crippen molar-refractivity contribution >= 4 is 29.3 Å². The van der Waals surface area contributed by atoms with E-state index in [-0.39, 0.29) is 17.9 Å². The van der Waals surface area contributed by atoms with Gasteiger partial charge >= 0.3 is 6.30 Å². The molecule has 1 aliphatic heterocycles. The van der Waals surface area contributed by atoms with Crippen LogP contribution in [0.3, 0.4) is 0 Å². The van der Waals surface area contributed by atoms with Crippen molar-refractivity contribution in [2.24, 2.45) is 0 Å². The van der Waals surface area contributed by atoms with Crippen LogP contribution in [0, 0.1) is 0 Å². The van der Waals surface area contributed by atoms with Crippen LogP contribution in [0.25, 0.3) is 0 Å². The minimum atomic E-state index is -4.40. The maximum atomic E-state index is 13.2. The largest absolute Gasteiger partial charge is 0.485 e. The number of hydrogen-bond acceptors (Lipinski definition) is 4. The topological polar surface area (TPSA) is 20.3 Å². The van der Waals surface area contributed by atoms with Crippen molar-refractivity contribution < 1.29 is 18.0 Å². The Hall–Kier alpha value is -0.560. The second-order valence-corrected chi connectivity index (χ2v) is 6.75. The number of rotatable bonds is 3. The van der Waals surface area contributed by atoms with Gasteiger partial charge in [-0.2, -0.15) is 13.2 Å². The fourth-order valence-electron chi connectivity index (χ4n) is 2.18. The maximum Gasteiger partial charge on any atom is 0.485 e. The fourth-order valence-corrected chi connectivity index (χ4v) is 4.50. The SMILES string of the molecule is CCSC1=CC(=O)CC2=C1N(C(F)(F)F)C(CC)S2. The number of allylic oxidation sites excluding steroid dienone is 2. The monoisotopic (exact) mass is 309 g/mol. The van der Waals surface area contributed by atoms with E-state index < -0.39 is 11.7 Å². The minimum Gasteiger partial charge on any atom is -0.294 e. The van der Waals surface area contributed by atoms with Crippen LogP contribution in [0.15, 0.2) is 21.6 Å². The Labute approximate surface area is 118 Å². The van der Waals surface area contributed by atoms with E-state index in [0.29, 0.717) is 26.9 Å². The van der Waals surface area contributed by atoms with Crippen molar-refractivity contribution in [1.29, 1.82) is 0 Å². The van der Waals surface area contributed by atoms with Gasteiger partial charge in [0, 0.05) is 16.2 Å². The van der Waals surface area contributed by atoms with Gasteiger partial charge in [0.05, 0.1) is 11.1 Å². The summed E-state index contributed by atoms with van der Waals surface area (Å²) in [6.45, 7) is 3.59. The van der Waals surface area contributed by atoms with E-state index in [1.807, 2.05) is 6.92 Å². The summed E-state index contributed by atoms with van der Waals surface area (Å²) >= 11 is 2.47. The molecule has 1 unspecified atom stereocenters. The molecule has 0 fully saturated rings. The highest BCUT2D eigenvalue weighted by atomic mass is 32.2. The summed E-state index contributed by atoms with van der Waals surface area (Å²) < 4.78 is 39.7. The molecule has 0 bridgehead atoms. The molecule has 2 rings (SSSR count). The molecule has 2 nitrogen and oxygen atoms in total. The molecule has 0 radical (unpaired) electrons. The number of nitrogens with zero attached hydrogens (tertiary/aromatic N) is 1. The van der Waals surface area contributed by atoms with E-state index in [9.17, 15) is 18.0 Å². The fraction of sp³-hybridized carbons (Fsp3) is 0.583. The first kappa shape index (κ1) is 14.8. The van der Waals surface area contributed by atoms with E-state index >= 15 is 0 Å². The summed E-state index contributed by atoms with van der Waals surface area (Å²) in [6.07, 6.45) is -2.57. The standard InChI is InChI=1S/C12H14F3NOS2/c1-3-10-16(12(13,14)15)11-8(18-4-2)5-7(17)6-9(11)19-10/h5,10H,3-4,6H2,1-2H3. The highest BCUT2D eigenvalue weighted by Gasteiger charge is 2.49. The van der Waals surface area contributed by atoms with Gasteiger partial charge in [0.1, 0.15) is 0 Å². The Kier molecular flexibility index (Phi) is 4.25. The first-order valence-corrected chi connectivity index (χ1v) is 7.88. The average molecular weight is 309 g/mol. The van der Waals surface area contributed by atoms with Crippen LogP contribution < -0.4 is 0 Å². The summed E-state index contributed by atoms with van der Waals surface area (Å²) in [4.78, 5) is 13.1. The van der Waals surface area contributed by atoms with E-state index in [2.05, 4.69) is 0 Å². The van der Waals surface area contributed by atoms with Gasteiger partial charge in [0.2, 0.25) is 0 Å². The van der Waals surface area contributed by atoms with Gasteiger partial charge < -0.3 is 0 Å². The van der Waals surface area contributed by atoms with Crippen molar-refractivity contribution in [3.8, 4) is 0 Å². The molecule has 19 heavy (non-hydrogen) atoms. The molecule has 0 saturated heterocycles. The number of hydrogen-bond donors (Lipinski definition) is 0. The number of alkyl halides is 3. The number of thioether (sulfide) groups is 2. The predicted molar refractivity (Wildman–Crippen MR) is 72.4 cm³/mol. The third-order valence-electron chi connectivity index (χ3n) is 2.85. The number of halogens is 3. The van der Waals surface area contributed by atoms with Crippen molar-refractivity contribution in [3.63, 3.8) is 0 Å². The molecule has 106 valence electrons. The zero-order chi connectivity index (χ0) is 14.2. The van der Waals surface area contributed by atoms with Gasteiger partial charge in [-0.1, -0.05) is 13.8 Å². The molecular formula is C12H14F3NOS2. The second kappa shape index (κ2) is 5.44. The second-order valence-electron chi connectivity index (χ2n) is 4.18. The summed E-state index contributed by atoms with van der Waals surface area (Å²) in [5, 5.41) is -0.656. The molecule has 0 spiro atoms. The Morgan fingerprint density at radius 2 is 2.16 bits per heavy atom. The van der Waals surface area contributed by atoms with E-state index in [0.717, 1.165) is 0 Å². The molecule has 0 aromatic rings. The summed E-state index contributed by atoms with van der Waals surface area (Å²) in [7, 11) is 0. The smallest absolute Gasteiger partial charge is 0.294 e. The highest BCUT2D eigenvalue weighted by Crippen LogP contribution is 2.52. The summed E-state index contributed by atoms with van der Waals surface area (Å²) in [5.41, 5.74) is 0.204. The first-order chi connectivity index (χ1) is 8.88. The Morgan fingerprint density at radius 3 is 2.68 bits per heavy atom. The molecule has 1 heterocycles. The van der Waals surface area contributed by atoms with E-state index in [4.69, 9.17) is 0 Å². The lowest BCUT2D eigenvalue weighted by atomic mass is 10.1. The lowest BCUT2D eigenvalue weighted by Crippen LogP contribution is -2.41. The zero-order valence-corrected chi connectivity index (χ0v) is 12.2. The third kappa shape index (κ3) is 2.81. The molecule has 0 aromatic carbocycles. The Morgan fingerprint density at radius 1 is 1.47 bits per heavy atom. The predicted octanol–water partition coefficient (Wildman–Crippen LogP) is 4.11. The number of ketones is 1. The van der Waals surface area contributed by atoms with Crippen LogP contribution in [0.5, 0.6) is 0 Å². The molecule has 0 amide bonds. The van der Waals surface area contributed by atoms with Crippen molar-refractivity contribution in [1.82, 2.24) is 4.90 Å². The molecule has 0 N–H and O–H groups in total. The van der Waals surface area contributed by atoms with Gasteiger partial charge in [-0.25, -0.2) is 0 Å². The molecule has 1 atom stereocenters. The Balaban J connectivity index is 2.42. The zero-order valence-electron chi connectivity index (χ0n) is 10.6. The lowest BCUT2D eigenvalue weighted by molar-refractivity contribution is -0.234. The summed E-state index contributed by atoms with van der Waals surface area (Å²) in [6, 6.07) is 0. The van der Waals surface area contributed by atoms with Gasteiger partial charge in [-0.05, 0) is 18.2 Å². The van der Waals surface area contributed by atoms with Crippen LogP contribution in [0.4, 0.5) is 13.2 Å². The molecule has 0 saturated carbocycles. The normalized spacial score (nSPS) is 23.8. The van der Waals surface area contributed by atoms with Crippen molar-refractivity contribution in [2.75, 3.05) is 5.75 Å². The molecule has 2 aliphatic rings. The lowest BCUT2D eigenvalue weighted by Gasteiger charge is -2.31. The van der Waals surface area contributed by atoms with Gasteiger partial charge in [0.15, 0.2) is 5.78 Å². The highest BCUT2D eigenvalue weighted by molar-refractivity contribution is 8.04. The number of carbonyl (C=O) groups is 1. The molecule has 1 aliphatic carbocycles. The third-order valence-corrected chi connectivity index (χ3v) is 5.20. The molecule has 7 heteroatoms. The van der Waals surface area contributed by atoms with Gasteiger partial charge in [0.25, 0.3) is 0 Å². The quantitative estimate of drug-likeness (QED) is 0.731. The average Bonchev–Trinajstić information content (AvgIpc) is 2.67. The van der Waals surface area contributed by atoms with Gasteiger partial charge in [-0.15, -0.1) is 23.5 Å². The minimum absolute atomic E-state index is 0.0941. The van der Waals surface area contributed by atoms with Crippen LogP contribution >= 0.6 is 23.5 Å². The van der Waals surface area contributed by atoms with Crippen molar-refractivity contribution in [2.45, 2.75) is 38.4 Å². The maximum absolute atomic E-state index is 13.2. The van der Waals surface area contributed by atoms with Crippen LogP contribution in [-0.4, -0.2) is 28.1 Å². The van der Waals surface area contributed by atoms with E-state index in [1.54, 1.807) is 6.92 Å². The Bertz CT molecular complexity index is 456. The summed E-state index contributed by atoms with van der Waals surface area (Å²) in [5.74, 6) is 0.532. The van der Waals surface area contributed by atoms with E-state index in [1.165, 1.54) is 29.6 Å². The van der Waals surface area contributed by atoms with Crippen molar-refractivity contribution in [3.05, 3.63) is 21.6 Å². The molecule has 0 aromatic heterocycles. The van der Waals surface area contributed by atoms with Crippen LogP contribution in [0.2, 0.25) is 0 Å². The van der Waals surface area contributed by atoms with Crippen LogP contribution in [-0.2, 0) is 4.79 Å². The van der Waals surface area contributed by atoms with Gasteiger partial charge in [-0.3, -0.25) is 9.69 Å². The molecular weight excluding hydrogens is 295 g/mol. The number of carbonyl (C=O) groups excluding carboxylic acids is 1.